The van der Waals surface area contributed by atoms with Crippen LogP contribution in [-0.2, 0) is 12.8 Å². The Morgan fingerprint density at radius 1 is 1.25 bits per heavy atom. The van der Waals surface area contributed by atoms with Gasteiger partial charge in [-0.2, -0.15) is 0 Å². The van der Waals surface area contributed by atoms with Gasteiger partial charge in [0.05, 0.1) is 0 Å². The molecule has 0 bridgehead atoms. The van der Waals surface area contributed by atoms with E-state index in [1.54, 1.807) is 11.8 Å². The molecule has 0 aromatic carbocycles. The zero-order chi connectivity index (χ0) is 8.55. The maximum absolute atomic E-state index is 4.44. The molecule has 1 heterocycles. The van der Waals surface area contributed by atoms with Crippen molar-refractivity contribution in [3.05, 3.63) is 17.1 Å². The summed E-state index contributed by atoms with van der Waals surface area (Å²) in [6.45, 7) is 1.97. The van der Waals surface area contributed by atoms with Crippen molar-refractivity contribution in [2.75, 3.05) is 6.26 Å². The number of thioether (sulfide) groups is 1. The minimum Gasteiger partial charge on any atom is -0.238 e. The van der Waals surface area contributed by atoms with Gasteiger partial charge in [0.15, 0.2) is 0 Å². The van der Waals surface area contributed by atoms with Gasteiger partial charge in [0.25, 0.3) is 0 Å². The molecule has 3 heteroatoms. The Bertz CT molecular complexity index is 310. The first-order valence-corrected chi connectivity index (χ1v) is 5.44. The highest BCUT2D eigenvalue weighted by Crippen LogP contribution is 2.27. The molecule has 1 aliphatic rings. The molecule has 0 unspecified atom stereocenters. The molecule has 1 aliphatic carbocycles. The highest BCUT2D eigenvalue weighted by molar-refractivity contribution is 7.98. The van der Waals surface area contributed by atoms with Crippen molar-refractivity contribution in [2.24, 2.45) is 0 Å². The largest absolute Gasteiger partial charge is 0.238 e. The summed E-state index contributed by atoms with van der Waals surface area (Å²) in [5, 5.41) is 1.19. The zero-order valence-electron chi connectivity index (χ0n) is 7.42. The van der Waals surface area contributed by atoms with Crippen LogP contribution >= 0.6 is 11.8 Å². The minimum atomic E-state index is 0.917. The first-order valence-electron chi connectivity index (χ1n) is 4.21. The van der Waals surface area contributed by atoms with Gasteiger partial charge in [-0.1, -0.05) is 0 Å². The number of nitrogens with zero attached hydrogens (tertiary/aromatic N) is 2. The molecule has 2 rings (SSSR count). The van der Waals surface area contributed by atoms with Gasteiger partial charge in [0, 0.05) is 11.3 Å². The highest BCUT2D eigenvalue weighted by Gasteiger charge is 2.17. The van der Waals surface area contributed by atoms with Gasteiger partial charge in [-0.3, -0.25) is 0 Å². The van der Waals surface area contributed by atoms with Crippen LogP contribution in [0.5, 0.6) is 0 Å². The van der Waals surface area contributed by atoms with E-state index in [2.05, 4.69) is 16.2 Å². The quantitative estimate of drug-likeness (QED) is 0.488. The van der Waals surface area contributed by atoms with Crippen LogP contribution in [0.15, 0.2) is 5.03 Å². The lowest BCUT2D eigenvalue weighted by molar-refractivity contribution is 0.895. The van der Waals surface area contributed by atoms with E-state index in [0.717, 1.165) is 12.2 Å². The van der Waals surface area contributed by atoms with Crippen molar-refractivity contribution in [1.29, 1.82) is 0 Å². The highest BCUT2D eigenvalue weighted by atomic mass is 32.2. The lowest BCUT2D eigenvalue weighted by atomic mass is 10.3. The Morgan fingerprint density at radius 2 is 2.08 bits per heavy atom. The normalized spacial score (nSPS) is 14.8. The number of hydrogen-bond acceptors (Lipinski definition) is 3. The molecular weight excluding hydrogens is 168 g/mol. The van der Waals surface area contributed by atoms with Crippen molar-refractivity contribution in [2.45, 2.75) is 31.2 Å². The van der Waals surface area contributed by atoms with Gasteiger partial charge in [0.2, 0.25) is 0 Å². The van der Waals surface area contributed by atoms with E-state index >= 15 is 0 Å². The van der Waals surface area contributed by atoms with Crippen LogP contribution in [0.3, 0.4) is 0 Å². The van der Waals surface area contributed by atoms with Crippen molar-refractivity contribution < 1.29 is 0 Å². The Balaban J connectivity index is 2.55. The summed E-state index contributed by atoms with van der Waals surface area (Å²) in [6.07, 6.45) is 5.65. The number of hydrogen-bond donors (Lipinski definition) is 0. The van der Waals surface area contributed by atoms with Gasteiger partial charge < -0.3 is 0 Å². The van der Waals surface area contributed by atoms with Crippen molar-refractivity contribution in [1.82, 2.24) is 9.97 Å². The third-order valence-electron chi connectivity index (χ3n) is 2.20. The summed E-state index contributed by atoms with van der Waals surface area (Å²) in [6, 6.07) is 0. The minimum absolute atomic E-state index is 0.917. The second-order valence-electron chi connectivity index (χ2n) is 3.06. The second-order valence-corrected chi connectivity index (χ2v) is 3.85. The predicted octanol–water partition coefficient (Wildman–Crippen LogP) is 2.00. The third-order valence-corrected chi connectivity index (χ3v) is 2.92. The first-order chi connectivity index (χ1) is 5.81. The summed E-state index contributed by atoms with van der Waals surface area (Å²) in [7, 11) is 0. The maximum Gasteiger partial charge on any atom is 0.126 e. The predicted molar refractivity (Wildman–Crippen MR) is 50.6 cm³/mol. The summed E-state index contributed by atoms with van der Waals surface area (Å²) in [4.78, 5) is 8.85. The maximum atomic E-state index is 4.44. The van der Waals surface area contributed by atoms with Gasteiger partial charge in [-0.25, -0.2) is 9.97 Å². The lowest BCUT2D eigenvalue weighted by Gasteiger charge is -2.04. The molecule has 0 fully saturated rings. The molecule has 2 nitrogen and oxygen atoms in total. The fourth-order valence-corrected chi connectivity index (χ4v) is 2.37. The Hall–Kier alpha value is -0.570. The van der Waals surface area contributed by atoms with Crippen LogP contribution in [0.25, 0.3) is 0 Å². The lowest BCUT2D eigenvalue weighted by Crippen LogP contribution is -1.98. The molecule has 0 radical (unpaired) electrons. The average Bonchev–Trinajstić information content (AvgIpc) is 2.50. The number of fused-ring (bicyclic) bond motifs is 1. The second kappa shape index (κ2) is 3.05. The molecule has 0 aliphatic heterocycles. The summed E-state index contributed by atoms with van der Waals surface area (Å²) < 4.78 is 0. The van der Waals surface area contributed by atoms with Crippen LogP contribution in [0.1, 0.15) is 23.5 Å². The average molecular weight is 180 g/mol. The first kappa shape index (κ1) is 8.05. The smallest absolute Gasteiger partial charge is 0.126 e. The SMILES string of the molecule is CSc1nc(C)nc2c1CCC2. The summed E-state index contributed by atoms with van der Waals surface area (Å²) in [5.41, 5.74) is 2.68. The molecule has 0 saturated carbocycles. The standard InChI is InChI=1S/C9H12N2S/c1-6-10-8-5-3-4-7(8)9(11-6)12-2/h3-5H2,1-2H3. The van der Waals surface area contributed by atoms with Crippen molar-refractivity contribution in [3.8, 4) is 0 Å². The van der Waals surface area contributed by atoms with Gasteiger partial charge in [0.1, 0.15) is 10.9 Å². The molecule has 1 aromatic heterocycles. The van der Waals surface area contributed by atoms with E-state index < -0.39 is 0 Å². The number of rotatable bonds is 1. The van der Waals surface area contributed by atoms with Gasteiger partial charge in [-0.05, 0) is 32.4 Å². The number of aromatic nitrogens is 2. The van der Waals surface area contributed by atoms with Crippen molar-refractivity contribution in [3.63, 3.8) is 0 Å². The molecule has 0 amide bonds. The van der Waals surface area contributed by atoms with Crippen molar-refractivity contribution >= 4 is 11.8 Å². The molecule has 64 valence electrons. The van der Waals surface area contributed by atoms with Crippen LogP contribution in [0.4, 0.5) is 0 Å². The van der Waals surface area contributed by atoms with Crippen LogP contribution in [-0.4, -0.2) is 16.2 Å². The Labute approximate surface area is 76.8 Å². The van der Waals surface area contributed by atoms with Crippen LogP contribution in [0, 0.1) is 6.92 Å². The summed E-state index contributed by atoms with van der Waals surface area (Å²) in [5.74, 6) is 0.917. The molecule has 12 heavy (non-hydrogen) atoms. The topological polar surface area (TPSA) is 25.8 Å². The third kappa shape index (κ3) is 1.22. The Kier molecular flexibility index (Phi) is 2.05. The molecule has 0 spiro atoms. The molecular formula is C9H12N2S. The van der Waals surface area contributed by atoms with E-state index in [-0.39, 0.29) is 0 Å². The van der Waals surface area contributed by atoms with E-state index in [9.17, 15) is 0 Å². The zero-order valence-corrected chi connectivity index (χ0v) is 8.24. The number of aryl methyl sites for hydroxylation is 2. The summed E-state index contributed by atoms with van der Waals surface area (Å²) >= 11 is 1.74. The fourth-order valence-electron chi connectivity index (χ4n) is 1.69. The van der Waals surface area contributed by atoms with E-state index in [1.165, 1.54) is 29.1 Å². The monoisotopic (exact) mass is 180 g/mol. The van der Waals surface area contributed by atoms with E-state index in [0.29, 0.717) is 0 Å². The van der Waals surface area contributed by atoms with Crippen LogP contribution in [0.2, 0.25) is 0 Å². The van der Waals surface area contributed by atoms with Crippen LogP contribution < -0.4 is 0 Å². The fraction of sp³-hybridized carbons (Fsp3) is 0.556. The van der Waals surface area contributed by atoms with Gasteiger partial charge in [-0.15, -0.1) is 11.8 Å². The molecule has 0 saturated heterocycles. The molecule has 0 atom stereocenters. The molecule has 0 N–H and O–H groups in total. The van der Waals surface area contributed by atoms with E-state index in [4.69, 9.17) is 0 Å². The van der Waals surface area contributed by atoms with Gasteiger partial charge >= 0.3 is 0 Å². The van der Waals surface area contributed by atoms with E-state index in [1.807, 2.05) is 6.92 Å². The molecule has 1 aromatic rings. The Morgan fingerprint density at radius 3 is 2.83 bits per heavy atom.